The molecule has 0 saturated heterocycles. The molecule has 0 saturated carbocycles. The van der Waals surface area contributed by atoms with Crippen LogP contribution in [0.5, 0.6) is 5.75 Å². The van der Waals surface area contributed by atoms with Gasteiger partial charge in [-0.25, -0.2) is 9.18 Å². The molecule has 0 fully saturated rings. The fourth-order valence-corrected chi connectivity index (χ4v) is 1.19. The van der Waals surface area contributed by atoms with Gasteiger partial charge in [0.1, 0.15) is 23.7 Å². The van der Waals surface area contributed by atoms with E-state index in [2.05, 4.69) is 0 Å². The van der Waals surface area contributed by atoms with Gasteiger partial charge < -0.3 is 15.2 Å². The average Bonchev–Trinajstić information content (AvgIpc) is 2.32. The minimum absolute atomic E-state index is 0.407. The van der Waals surface area contributed by atoms with Crippen molar-refractivity contribution in [1.29, 1.82) is 0 Å². The van der Waals surface area contributed by atoms with Gasteiger partial charge in [-0.15, -0.1) is 0 Å². The normalized spacial score (nSPS) is 11.0. The lowest BCUT2D eigenvalue weighted by Gasteiger charge is -2.11. The zero-order valence-electron chi connectivity index (χ0n) is 9.83. The minimum Gasteiger partial charge on any atom is -0.483 e. The summed E-state index contributed by atoms with van der Waals surface area (Å²) in [6, 6.07) is 2.52. The van der Waals surface area contributed by atoms with E-state index in [0.717, 1.165) is 18.2 Å². The van der Waals surface area contributed by atoms with Crippen molar-refractivity contribution in [2.45, 2.75) is 6.18 Å². The van der Waals surface area contributed by atoms with Crippen LogP contribution < -0.4 is 10.1 Å². The molecule has 1 amide bonds. The number of benzene rings is 1. The lowest BCUT2D eigenvalue weighted by molar-refractivity contribution is -0.139. The highest BCUT2D eigenvalue weighted by Gasteiger charge is 2.27. The molecule has 0 radical (unpaired) electrons. The van der Waals surface area contributed by atoms with Crippen LogP contribution in [0.1, 0.15) is 10.4 Å². The second-order valence-corrected chi connectivity index (χ2v) is 3.63. The van der Waals surface area contributed by atoms with Crippen LogP contribution in [-0.4, -0.2) is 36.3 Å². The zero-order valence-corrected chi connectivity index (χ0v) is 9.83. The Balaban J connectivity index is 2.63. The molecule has 5 nitrogen and oxygen atoms in total. The first-order valence-corrected chi connectivity index (χ1v) is 5.18. The highest BCUT2D eigenvalue weighted by atomic mass is 19.4. The average molecular weight is 295 g/mol. The van der Waals surface area contributed by atoms with Gasteiger partial charge in [0, 0.05) is 6.07 Å². The molecule has 0 heterocycles. The van der Waals surface area contributed by atoms with E-state index in [0.29, 0.717) is 0 Å². The van der Waals surface area contributed by atoms with Crippen molar-refractivity contribution in [1.82, 2.24) is 5.32 Å². The van der Waals surface area contributed by atoms with Gasteiger partial charge in [-0.1, -0.05) is 0 Å². The number of alkyl halides is 3. The van der Waals surface area contributed by atoms with Crippen LogP contribution in [0, 0.1) is 5.82 Å². The summed E-state index contributed by atoms with van der Waals surface area (Å²) in [6.07, 6.45) is -4.57. The summed E-state index contributed by atoms with van der Waals surface area (Å²) < 4.78 is 53.1. The molecular formula is C11H9F4NO4. The second kappa shape index (κ2) is 6.22. The van der Waals surface area contributed by atoms with Crippen LogP contribution in [-0.2, 0) is 4.79 Å². The van der Waals surface area contributed by atoms with E-state index < -0.39 is 48.3 Å². The Hall–Kier alpha value is -2.32. The van der Waals surface area contributed by atoms with Gasteiger partial charge in [0.25, 0.3) is 5.91 Å². The van der Waals surface area contributed by atoms with Gasteiger partial charge in [-0.05, 0) is 12.1 Å². The third-order valence-electron chi connectivity index (χ3n) is 2.02. The van der Waals surface area contributed by atoms with Crippen molar-refractivity contribution in [3.05, 3.63) is 29.6 Å². The first kappa shape index (κ1) is 15.7. The maximum Gasteiger partial charge on any atom is 0.405 e. The Morgan fingerprint density at radius 1 is 1.30 bits per heavy atom. The first-order valence-electron chi connectivity index (χ1n) is 5.18. The predicted octanol–water partition coefficient (Wildman–Crippen LogP) is 1.58. The lowest BCUT2D eigenvalue weighted by Crippen LogP contribution is -2.36. The highest BCUT2D eigenvalue weighted by Crippen LogP contribution is 2.20. The van der Waals surface area contributed by atoms with Crippen LogP contribution in [0.25, 0.3) is 0 Å². The van der Waals surface area contributed by atoms with Crippen molar-refractivity contribution in [2.24, 2.45) is 0 Å². The van der Waals surface area contributed by atoms with Crippen LogP contribution in [0.2, 0.25) is 0 Å². The van der Waals surface area contributed by atoms with Gasteiger partial charge in [0.2, 0.25) is 0 Å². The molecule has 2 N–H and O–H groups in total. The summed E-state index contributed by atoms with van der Waals surface area (Å²) in [7, 11) is 0. The number of carbonyl (C=O) groups is 2. The Morgan fingerprint density at radius 3 is 2.50 bits per heavy atom. The number of hydrogen-bond donors (Lipinski definition) is 2. The molecule has 0 spiro atoms. The number of carboxylic acids is 1. The van der Waals surface area contributed by atoms with Gasteiger partial charge in [0.05, 0.1) is 0 Å². The Morgan fingerprint density at radius 2 is 1.95 bits per heavy atom. The van der Waals surface area contributed by atoms with Crippen LogP contribution in [0.4, 0.5) is 17.6 Å². The summed E-state index contributed by atoms with van der Waals surface area (Å²) in [5, 5.41) is 10.3. The van der Waals surface area contributed by atoms with Gasteiger partial charge >= 0.3 is 12.1 Å². The van der Waals surface area contributed by atoms with Crippen molar-refractivity contribution in [3.63, 3.8) is 0 Å². The predicted molar refractivity (Wildman–Crippen MR) is 57.9 cm³/mol. The van der Waals surface area contributed by atoms with Crippen molar-refractivity contribution in [2.75, 3.05) is 13.2 Å². The summed E-state index contributed by atoms with van der Waals surface area (Å²) in [6.45, 7) is -2.40. The van der Waals surface area contributed by atoms with E-state index >= 15 is 0 Å². The molecule has 0 aliphatic heterocycles. The van der Waals surface area contributed by atoms with Crippen molar-refractivity contribution >= 4 is 11.9 Å². The third-order valence-corrected chi connectivity index (χ3v) is 2.02. The topological polar surface area (TPSA) is 75.6 Å². The van der Waals surface area contributed by atoms with E-state index in [1.54, 1.807) is 0 Å². The molecule has 0 aliphatic carbocycles. The van der Waals surface area contributed by atoms with Crippen LogP contribution in [0.15, 0.2) is 18.2 Å². The number of ether oxygens (including phenoxy) is 1. The number of carbonyl (C=O) groups excluding carboxylic acids is 1. The number of hydrogen-bond acceptors (Lipinski definition) is 3. The SMILES string of the molecule is O=C(COc1cc(F)ccc1C(=O)O)NCC(F)(F)F. The van der Waals surface area contributed by atoms with E-state index in [-0.39, 0.29) is 0 Å². The fourth-order valence-electron chi connectivity index (χ4n) is 1.19. The molecule has 20 heavy (non-hydrogen) atoms. The molecule has 0 aliphatic rings. The molecule has 0 aromatic heterocycles. The molecule has 110 valence electrons. The second-order valence-electron chi connectivity index (χ2n) is 3.63. The maximum absolute atomic E-state index is 12.9. The monoisotopic (exact) mass is 295 g/mol. The first-order chi connectivity index (χ1) is 9.19. The number of rotatable bonds is 5. The summed E-state index contributed by atoms with van der Waals surface area (Å²) in [4.78, 5) is 21.8. The van der Waals surface area contributed by atoms with E-state index in [1.807, 2.05) is 0 Å². The molecule has 1 aromatic rings. The van der Waals surface area contributed by atoms with E-state index in [9.17, 15) is 27.2 Å². The number of amides is 1. The molecule has 1 rings (SSSR count). The maximum atomic E-state index is 12.9. The Bertz CT molecular complexity index is 516. The van der Waals surface area contributed by atoms with Crippen LogP contribution >= 0.6 is 0 Å². The molecule has 9 heteroatoms. The van der Waals surface area contributed by atoms with Crippen molar-refractivity contribution in [3.8, 4) is 5.75 Å². The largest absolute Gasteiger partial charge is 0.483 e. The number of halogens is 4. The number of carboxylic acid groups (broad SMARTS) is 1. The van der Waals surface area contributed by atoms with Crippen molar-refractivity contribution < 1.29 is 37.0 Å². The fraction of sp³-hybridized carbons (Fsp3) is 0.273. The number of aromatic carboxylic acids is 1. The molecule has 0 bridgehead atoms. The quantitative estimate of drug-likeness (QED) is 0.809. The summed E-state index contributed by atoms with van der Waals surface area (Å²) >= 11 is 0. The van der Waals surface area contributed by atoms with Crippen LogP contribution in [0.3, 0.4) is 0 Å². The highest BCUT2D eigenvalue weighted by molar-refractivity contribution is 5.91. The zero-order chi connectivity index (χ0) is 15.3. The lowest BCUT2D eigenvalue weighted by atomic mass is 10.2. The standard InChI is InChI=1S/C11H9F4NO4/c12-6-1-2-7(10(18)19)8(3-6)20-4-9(17)16-5-11(13,14)15/h1-3H,4-5H2,(H,16,17)(H,18,19). The Labute approximate surface area is 110 Å². The smallest absolute Gasteiger partial charge is 0.405 e. The van der Waals surface area contributed by atoms with E-state index in [1.165, 1.54) is 5.32 Å². The summed E-state index contributed by atoms with van der Waals surface area (Å²) in [5.41, 5.74) is -0.407. The Kier molecular flexibility index (Phi) is 4.89. The molecular weight excluding hydrogens is 286 g/mol. The van der Waals surface area contributed by atoms with Gasteiger partial charge in [-0.3, -0.25) is 4.79 Å². The van der Waals surface area contributed by atoms with Gasteiger partial charge in [0.15, 0.2) is 6.61 Å². The third kappa shape index (κ3) is 5.12. The molecule has 0 unspecified atom stereocenters. The molecule has 1 aromatic carbocycles. The molecule has 0 atom stereocenters. The number of nitrogens with one attached hydrogen (secondary N) is 1. The minimum atomic E-state index is -4.57. The van der Waals surface area contributed by atoms with Gasteiger partial charge in [-0.2, -0.15) is 13.2 Å². The summed E-state index contributed by atoms with van der Waals surface area (Å²) in [5.74, 6) is -3.78. The van der Waals surface area contributed by atoms with E-state index in [4.69, 9.17) is 9.84 Å².